The van der Waals surface area contributed by atoms with Gasteiger partial charge in [0.2, 0.25) is 0 Å². The zero-order valence-corrected chi connectivity index (χ0v) is 6.70. The quantitative estimate of drug-likeness (QED) is 0.715. The van der Waals surface area contributed by atoms with E-state index in [1.54, 1.807) is 12.4 Å². The summed E-state index contributed by atoms with van der Waals surface area (Å²) >= 11 is 0. The highest BCUT2D eigenvalue weighted by atomic mass is 16.3. The number of aliphatic hydroxyl groups excluding tert-OH is 1. The maximum absolute atomic E-state index is 9.48. The Labute approximate surface area is 66.9 Å². The molecular formula is C9H13NO. The van der Waals surface area contributed by atoms with Crippen molar-refractivity contribution in [3.8, 4) is 0 Å². The number of pyridine rings is 1. The lowest BCUT2D eigenvalue weighted by atomic mass is 10.1. The van der Waals surface area contributed by atoms with Gasteiger partial charge in [0.25, 0.3) is 0 Å². The predicted octanol–water partition coefficient (Wildman–Crippen LogP) is 1.92. The van der Waals surface area contributed by atoms with Crippen molar-refractivity contribution in [2.75, 3.05) is 0 Å². The van der Waals surface area contributed by atoms with Crippen LogP contribution in [-0.2, 0) is 0 Å². The fourth-order valence-corrected chi connectivity index (χ4v) is 1.01. The monoisotopic (exact) mass is 151 g/mol. The fourth-order valence-electron chi connectivity index (χ4n) is 1.01. The van der Waals surface area contributed by atoms with Gasteiger partial charge in [0.05, 0.1) is 6.10 Å². The normalized spacial score (nSPS) is 12.9. The van der Waals surface area contributed by atoms with E-state index >= 15 is 0 Å². The molecule has 2 heteroatoms. The Morgan fingerprint density at radius 3 is 3.00 bits per heavy atom. The maximum Gasteiger partial charge on any atom is 0.0804 e. The summed E-state index contributed by atoms with van der Waals surface area (Å²) in [4.78, 5) is 3.93. The Kier molecular flexibility index (Phi) is 3.05. The Hall–Kier alpha value is -0.890. The third kappa shape index (κ3) is 2.31. The van der Waals surface area contributed by atoms with Crippen LogP contribution in [0.15, 0.2) is 24.5 Å². The van der Waals surface area contributed by atoms with Crippen molar-refractivity contribution in [2.24, 2.45) is 0 Å². The predicted molar refractivity (Wildman–Crippen MR) is 44.1 cm³/mol. The minimum absolute atomic E-state index is 0.339. The minimum Gasteiger partial charge on any atom is -0.388 e. The molecule has 0 saturated heterocycles. The average Bonchev–Trinajstić information content (AvgIpc) is 2.07. The maximum atomic E-state index is 9.48. The smallest absolute Gasteiger partial charge is 0.0804 e. The molecule has 0 bridgehead atoms. The van der Waals surface area contributed by atoms with Crippen LogP contribution in [0.25, 0.3) is 0 Å². The summed E-state index contributed by atoms with van der Waals surface area (Å²) in [6.07, 6.45) is 4.89. The highest BCUT2D eigenvalue weighted by molar-refractivity contribution is 5.11. The minimum atomic E-state index is -0.339. The Morgan fingerprint density at radius 1 is 1.64 bits per heavy atom. The highest BCUT2D eigenvalue weighted by Gasteiger charge is 2.03. The molecule has 0 aromatic carbocycles. The van der Waals surface area contributed by atoms with E-state index in [1.165, 1.54) is 0 Å². The van der Waals surface area contributed by atoms with Gasteiger partial charge in [-0.3, -0.25) is 4.98 Å². The SMILES string of the molecule is CCC[C@@H](O)c1cccnc1. The lowest BCUT2D eigenvalue weighted by molar-refractivity contribution is 0.166. The summed E-state index contributed by atoms with van der Waals surface area (Å²) in [5.41, 5.74) is 0.911. The van der Waals surface area contributed by atoms with Crippen molar-refractivity contribution in [1.82, 2.24) is 4.98 Å². The van der Waals surface area contributed by atoms with Gasteiger partial charge in [-0.1, -0.05) is 19.4 Å². The van der Waals surface area contributed by atoms with E-state index in [-0.39, 0.29) is 6.10 Å². The molecule has 0 saturated carbocycles. The standard InChI is InChI=1S/C9H13NO/c1-2-4-9(11)8-5-3-6-10-7-8/h3,5-7,9,11H,2,4H2,1H3/t9-/m1/s1. The number of hydrogen-bond donors (Lipinski definition) is 1. The van der Waals surface area contributed by atoms with E-state index in [0.29, 0.717) is 0 Å². The van der Waals surface area contributed by atoms with Gasteiger partial charge < -0.3 is 5.11 Å². The summed E-state index contributed by atoms with van der Waals surface area (Å²) in [5.74, 6) is 0. The molecule has 0 fully saturated rings. The van der Waals surface area contributed by atoms with E-state index in [2.05, 4.69) is 11.9 Å². The van der Waals surface area contributed by atoms with Gasteiger partial charge in [-0.05, 0) is 18.1 Å². The van der Waals surface area contributed by atoms with E-state index in [9.17, 15) is 5.11 Å². The summed E-state index contributed by atoms with van der Waals surface area (Å²) in [7, 11) is 0. The van der Waals surface area contributed by atoms with E-state index in [1.807, 2.05) is 12.1 Å². The lowest BCUT2D eigenvalue weighted by Gasteiger charge is -2.07. The molecule has 1 N–H and O–H groups in total. The topological polar surface area (TPSA) is 33.1 Å². The van der Waals surface area contributed by atoms with Gasteiger partial charge in [0.1, 0.15) is 0 Å². The molecule has 0 amide bonds. The molecule has 11 heavy (non-hydrogen) atoms. The summed E-state index contributed by atoms with van der Waals surface area (Å²) in [5, 5.41) is 9.48. The summed E-state index contributed by atoms with van der Waals surface area (Å²) < 4.78 is 0. The van der Waals surface area contributed by atoms with Crippen LogP contribution in [0.4, 0.5) is 0 Å². The molecule has 1 aromatic heterocycles. The number of nitrogens with zero attached hydrogens (tertiary/aromatic N) is 1. The van der Waals surface area contributed by atoms with Crippen LogP contribution in [0.2, 0.25) is 0 Å². The first kappa shape index (κ1) is 8.21. The number of hydrogen-bond acceptors (Lipinski definition) is 2. The van der Waals surface area contributed by atoms with Crippen LogP contribution in [0.5, 0.6) is 0 Å². The van der Waals surface area contributed by atoms with Crippen molar-refractivity contribution < 1.29 is 5.11 Å². The van der Waals surface area contributed by atoms with Crippen molar-refractivity contribution in [3.05, 3.63) is 30.1 Å². The fraction of sp³-hybridized carbons (Fsp3) is 0.444. The van der Waals surface area contributed by atoms with Crippen LogP contribution in [0, 0.1) is 0 Å². The van der Waals surface area contributed by atoms with E-state index in [4.69, 9.17) is 0 Å². The molecule has 0 unspecified atom stereocenters. The second-order valence-electron chi connectivity index (χ2n) is 2.59. The molecule has 0 aliphatic rings. The Bertz CT molecular complexity index is 198. The lowest BCUT2D eigenvalue weighted by Crippen LogP contribution is -1.96. The average molecular weight is 151 g/mol. The highest BCUT2D eigenvalue weighted by Crippen LogP contribution is 2.15. The van der Waals surface area contributed by atoms with Gasteiger partial charge in [0.15, 0.2) is 0 Å². The van der Waals surface area contributed by atoms with Gasteiger partial charge in [-0.15, -0.1) is 0 Å². The number of rotatable bonds is 3. The van der Waals surface area contributed by atoms with Crippen molar-refractivity contribution in [3.63, 3.8) is 0 Å². The van der Waals surface area contributed by atoms with E-state index < -0.39 is 0 Å². The molecule has 60 valence electrons. The first-order chi connectivity index (χ1) is 5.34. The van der Waals surface area contributed by atoms with Crippen molar-refractivity contribution in [1.29, 1.82) is 0 Å². The van der Waals surface area contributed by atoms with Crippen LogP contribution in [0.3, 0.4) is 0 Å². The molecule has 1 atom stereocenters. The second-order valence-corrected chi connectivity index (χ2v) is 2.59. The zero-order chi connectivity index (χ0) is 8.10. The van der Waals surface area contributed by atoms with Crippen molar-refractivity contribution >= 4 is 0 Å². The van der Waals surface area contributed by atoms with Crippen LogP contribution < -0.4 is 0 Å². The van der Waals surface area contributed by atoms with Crippen molar-refractivity contribution in [2.45, 2.75) is 25.9 Å². The first-order valence-electron chi connectivity index (χ1n) is 3.92. The third-order valence-electron chi connectivity index (χ3n) is 1.63. The van der Waals surface area contributed by atoms with Gasteiger partial charge in [-0.2, -0.15) is 0 Å². The molecule has 0 aliphatic carbocycles. The van der Waals surface area contributed by atoms with Crippen LogP contribution in [0.1, 0.15) is 31.4 Å². The van der Waals surface area contributed by atoms with Gasteiger partial charge in [0, 0.05) is 12.4 Å². The second kappa shape index (κ2) is 4.09. The number of aromatic nitrogens is 1. The van der Waals surface area contributed by atoms with E-state index in [0.717, 1.165) is 18.4 Å². The molecule has 0 aliphatic heterocycles. The Morgan fingerprint density at radius 2 is 2.45 bits per heavy atom. The first-order valence-corrected chi connectivity index (χ1v) is 3.92. The molecule has 0 radical (unpaired) electrons. The van der Waals surface area contributed by atoms with Gasteiger partial charge in [-0.25, -0.2) is 0 Å². The summed E-state index contributed by atoms with van der Waals surface area (Å²) in [6, 6.07) is 3.74. The largest absolute Gasteiger partial charge is 0.388 e. The molecule has 1 rings (SSSR count). The molecule has 2 nitrogen and oxygen atoms in total. The van der Waals surface area contributed by atoms with Crippen LogP contribution >= 0.6 is 0 Å². The third-order valence-corrected chi connectivity index (χ3v) is 1.63. The number of aliphatic hydroxyl groups is 1. The summed E-state index contributed by atoms with van der Waals surface area (Å²) in [6.45, 7) is 2.06. The molecular weight excluding hydrogens is 138 g/mol. The van der Waals surface area contributed by atoms with Gasteiger partial charge >= 0.3 is 0 Å². The zero-order valence-electron chi connectivity index (χ0n) is 6.70. The molecule has 1 heterocycles. The Balaban J connectivity index is 2.61. The molecule has 1 aromatic rings. The molecule has 0 spiro atoms. The van der Waals surface area contributed by atoms with Crippen LogP contribution in [-0.4, -0.2) is 10.1 Å².